The van der Waals surface area contributed by atoms with E-state index in [0.717, 1.165) is 11.1 Å². The smallest absolute Gasteiger partial charge is 0.409 e. The summed E-state index contributed by atoms with van der Waals surface area (Å²) in [6.07, 6.45) is 1.70. The molecule has 6 amide bonds. The summed E-state index contributed by atoms with van der Waals surface area (Å²) in [5.74, 6) is -1.25. The van der Waals surface area contributed by atoms with Gasteiger partial charge in [-0.3, -0.25) is 14.4 Å². The van der Waals surface area contributed by atoms with E-state index < -0.39 is 42.1 Å². The molecule has 14 heteroatoms. The molecule has 3 atom stereocenters. The van der Waals surface area contributed by atoms with E-state index >= 15 is 0 Å². The van der Waals surface area contributed by atoms with Gasteiger partial charge in [0.1, 0.15) is 18.1 Å². The first kappa shape index (κ1) is 40.7. The van der Waals surface area contributed by atoms with Gasteiger partial charge in [0.2, 0.25) is 17.7 Å². The highest BCUT2D eigenvalue weighted by Crippen LogP contribution is 2.13. The first-order valence-electron chi connectivity index (χ1n) is 17.8. The van der Waals surface area contributed by atoms with Gasteiger partial charge in [-0.1, -0.05) is 74.5 Å². The van der Waals surface area contributed by atoms with E-state index in [0.29, 0.717) is 65.0 Å². The second-order valence-electron chi connectivity index (χ2n) is 13.2. The molecule has 0 spiro atoms. The third-order valence-electron chi connectivity index (χ3n) is 8.73. The second kappa shape index (κ2) is 21.5. The number of benzene rings is 2. The molecule has 1 saturated heterocycles. The number of urea groups is 1. The molecule has 0 radical (unpaired) electrons. The number of carbonyl (C=O) groups is 5. The zero-order valence-corrected chi connectivity index (χ0v) is 30.2. The van der Waals surface area contributed by atoms with Gasteiger partial charge in [0, 0.05) is 52.2 Å². The SMILES string of the molecule is COC(=O)N1CCN(C(=O)[C@@H](CCCCN)NC(=O)[C@@H](CC(C)C)NC(=O)[C@@H](Cc2ccccc2)NC(=O)N(CCN)Cc2ccccc2)CC1. The minimum absolute atomic E-state index is 0.0203. The van der Waals surface area contributed by atoms with Crippen LogP contribution in [0.2, 0.25) is 0 Å². The zero-order valence-electron chi connectivity index (χ0n) is 30.2. The Morgan fingerprint density at radius 3 is 1.88 bits per heavy atom. The number of nitrogens with zero attached hydrogens (tertiary/aromatic N) is 3. The first-order valence-corrected chi connectivity index (χ1v) is 17.8. The molecule has 1 heterocycles. The van der Waals surface area contributed by atoms with Gasteiger partial charge >= 0.3 is 12.1 Å². The van der Waals surface area contributed by atoms with Gasteiger partial charge < -0.3 is 46.9 Å². The Hall–Kier alpha value is -4.69. The molecule has 0 aromatic heterocycles. The van der Waals surface area contributed by atoms with E-state index in [4.69, 9.17) is 16.2 Å². The number of methoxy groups -OCH3 is 1. The van der Waals surface area contributed by atoms with Gasteiger partial charge in [-0.15, -0.1) is 0 Å². The quantitative estimate of drug-likeness (QED) is 0.145. The van der Waals surface area contributed by atoms with E-state index in [1.807, 2.05) is 74.5 Å². The maximum Gasteiger partial charge on any atom is 0.409 e. The second-order valence-corrected chi connectivity index (χ2v) is 13.2. The van der Waals surface area contributed by atoms with Crippen LogP contribution in [0.1, 0.15) is 50.7 Å². The number of carbonyl (C=O) groups excluding carboxylic acids is 5. The van der Waals surface area contributed by atoms with Crippen LogP contribution in [-0.2, 0) is 32.1 Å². The lowest BCUT2D eigenvalue weighted by Gasteiger charge is -2.36. The highest BCUT2D eigenvalue weighted by Gasteiger charge is 2.33. The van der Waals surface area contributed by atoms with Crippen molar-refractivity contribution in [3.05, 3.63) is 71.8 Å². The van der Waals surface area contributed by atoms with Crippen LogP contribution in [0.3, 0.4) is 0 Å². The summed E-state index contributed by atoms with van der Waals surface area (Å²) in [5, 5.41) is 8.72. The summed E-state index contributed by atoms with van der Waals surface area (Å²) >= 11 is 0. The minimum atomic E-state index is -1.01. The fourth-order valence-corrected chi connectivity index (χ4v) is 5.97. The Morgan fingerprint density at radius 1 is 0.745 bits per heavy atom. The summed E-state index contributed by atoms with van der Waals surface area (Å²) in [6.45, 7) is 6.37. The summed E-state index contributed by atoms with van der Waals surface area (Å²) in [6, 6.07) is 15.5. The number of nitrogens with one attached hydrogen (secondary N) is 3. The molecule has 0 unspecified atom stereocenters. The van der Waals surface area contributed by atoms with Crippen molar-refractivity contribution >= 4 is 29.8 Å². The fourth-order valence-electron chi connectivity index (χ4n) is 5.97. The predicted molar refractivity (Wildman–Crippen MR) is 195 cm³/mol. The van der Waals surface area contributed by atoms with Gasteiger partial charge in [0.25, 0.3) is 0 Å². The van der Waals surface area contributed by atoms with Gasteiger partial charge in [-0.25, -0.2) is 9.59 Å². The van der Waals surface area contributed by atoms with Gasteiger partial charge in [0.05, 0.1) is 7.11 Å². The number of ether oxygens (including phenoxy) is 1. The van der Waals surface area contributed by atoms with Crippen LogP contribution in [0, 0.1) is 5.92 Å². The summed E-state index contributed by atoms with van der Waals surface area (Å²) in [5.41, 5.74) is 13.3. The zero-order chi connectivity index (χ0) is 37.2. The van der Waals surface area contributed by atoms with Crippen LogP contribution in [0.15, 0.2) is 60.7 Å². The van der Waals surface area contributed by atoms with Crippen molar-refractivity contribution in [1.82, 2.24) is 30.7 Å². The topological polar surface area (TPSA) is 192 Å². The molecule has 2 aromatic carbocycles. The monoisotopic (exact) mass is 708 g/mol. The standard InChI is InChI=1S/C37H56N8O6/c1-27(2)24-31(33(46)40-30(16-10-11-17-38)35(48)43-20-22-44(23-21-43)37(50)51-3)41-34(47)32(25-28-12-6-4-7-13-28)42-36(49)45(19-18-39)26-29-14-8-5-9-15-29/h4-9,12-15,27,30-32H,10-11,16-26,38-39H2,1-3H3,(H,40,46)(H,41,47)(H,42,49)/t30-,31-,32-/m1/s1. The maximum atomic E-state index is 14.0. The third kappa shape index (κ3) is 13.5. The Kier molecular flexibility index (Phi) is 17.2. The molecule has 0 aliphatic carbocycles. The molecular weight excluding hydrogens is 652 g/mol. The summed E-state index contributed by atoms with van der Waals surface area (Å²) in [7, 11) is 1.32. The van der Waals surface area contributed by atoms with E-state index in [2.05, 4.69) is 16.0 Å². The molecule has 0 saturated carbocycles. The summed E-state index contributed by atoms with van der Waals surface area (Å²) in [4.78, 5) is 72.0. The molecule has 1 aliphatic heterocycles. The van der Waals surface area contributed by atoms with Crippen molar-refractivity contribution in [3.63, 3.8) is 0 Å². The Bertz CT molecular complexity index is 1390. The van der Waals surface area contributed by atoms with E-state index in [-0.39, 0.29) is 31.3 Å². The van der Waals surface area contributed by atoms with Gasteiger partial charge in [-0.05, 0) is 49.3 Å². The van der Waals surface area contributed by atoms with Crippen molar-refractivity contribution in [2.45, 2.75) is 70.6 Å². The maximum absolute atomic E-state index is 14.0. The molecule has 14 nitrogen and oxygen atoms in total. The number of hydrogen-bond acceptors (Lipinski definition) is 8. The third-order valence-corrected chi connectivity index (χ3v) is 8.73. The molecule has 51 heavy (non-hydrogen) atoms. The average Bonchev–Trinajstić information content (AvgIpc) is 3.13. The highest BCUT2D eigenvalue weighted by molar-refractivity contribution is 5.94. The number of amides is 6. The van der Waals surface area contributed by atoms with Crippen molar-refractivity contribution < 1.29 is 28.7 Å². The molecule has 7 N–H and O–H groups in total. The van der Waals surface area contributed by atoms with Crippen LogP contribution in [-0.4, -0.2) is 116 Å². The molecule has 2 aromatic rings. The Morgan fingerprint density at radius 2 is 1.31 bits per heavy atom. The van der Waals surface area contributed by atoms with Crippen molar-refractivity contribution in [1.29, 1.82) is 0 Å². The average molecular weight is 709 g/mol. The minimum Gasteiger partial charge on any atom is -0.453 e. The molecular formula is C37H56N8O6. The number of hydrogen-bond donors (Lipinski definition) is 5. The largest absolute Gasteiger partial charge is 0.453 e. The van der Waals surface area contributed by atoms with Gasteiger partial charge in [0.15, 0.2) is 0 Å². The number of rotatable bonds is 18. The lowest BCUT2D eigenvalue weighted by molar-refractivity contribution is -0.139. The number of piperazine rings is 1. The lowest BCUT2D eigenvalue weighted by Crippen LogP contribution is -2.59. The lowest BCUT2D eigenvalue weighted by atomic mass is 10.00. The van der Waals surface area contributed by atoms with Crippen LogP contribution in [0.25, 0.3) is 0 Å². The number of unbranched alkanes of at least 4 members (excludes halogenated alkanes) is 1. The normalized spacial score (nSPS) is 14.6. The fraction of sp³-hybridized carbons (Fsp3) is 0.541. The first-order chi connectivity index (χ1) is 24.6. The van der Waals surface area contributed by atoms with Crippen LogP contribution in [0.5, 0.6) is 0 Å². The van der Waals surface area contributed by atoms with Crippen LogP contribution < -0.4 is 27.4 Å². The molecule has 3 rings (SSSR count). The van der Waals surface area contributed by atoms with Crippen LogP contribution >= 0.6 is 0 Å². The van der Waals surface area contributed by atoms with E-state index in [1.54, 1.807) is 9.80 Å². The van der Waals surface area contributed by atoms with Gasteiger partial charge in [-0.2, -0.15) is 0 Å². The van der Waals surface area contributed by atoms with Crippen molar-refractivity contribution in [2.75, 3.05) is 52.9 Å². The van der Waals surface area contributed by atoms with E-state index in [9.17, 15) is 24.0 Å². The summed E-state index contributed by atoms with van der Waals surface area (Å²) < 4.78 is 4.81. The Balaban J connectivity index is 1.79. The number of nitrogens with two attached hydrogens (primary N) is 2. The van der Waals surface area contributed by atoms with Crippen molar-refractivity contribution in [3.8, 4) is 0 Å². The molecule has 1 fully saturated rings. The highest BCUT2D eigenvalue weighted by atomic mass is 16.5. The molecule has 1 aliphatic rings. The van der Waals surface area contributed by atoms with Crippen LogP contribution in [0.4, 0.5) is 9.59 Å². The van der Waals surface area contributed by atoms with E-state index in [1.165, 1.54) is 12.0 Å². The molecule has 280 valence electrons. The predicted octanol–water partition coefficient (Wildman–Crippen LogP) is 1.82. The van der Waals surface area contributed by atoms with Crippen molar-refractivity contribution in [2.24, 2.45) is 17.4 Å². The molecule has 0 bridgehead atoms. The Labute approximate surface area is 301 Å².